The molecule has 1 N–H and O–H groups in total. The molecule has 0 aromatic heterocycles. The largest absolute Gasteiger partial charge is 0.484 e. The Morgan fingerprint density at radius 1 is 1.53 bits per heavy atom. The lowest BCUT2D eigenvalue weighted by molar-refractivity contribution is -0.385. The number of ether oxygens (including phenoxy) is 1. The van der Waals surface area contributed by atoms with Gasteiger partial charge in [-0.05, 0) is 26.0 Å². The normalized spacial score (nSPS) is 15.5. The fourth-order valence-corrected chi connectivity index (χ4v) is 2.18. The molecular weight excluding hydrogens is 248 g/mol. The molecule has 6 nitrogen and oxygen atoms in total. The zero-order valence-electron chi connectivity index (χ0n) is 11.1. The van der Waals surface area contributed by atoms with Crippen LogP contribution in [0, 0.1) is 16.0 Å². The second-order valence-electron chi connectivity index (χ2n) is 5.00. The maximum atomic E-state index is 11.3. The van der Waals surface area contributed by atoms with E-state index in [-0.39, 0.29) is 24.3 Å². The minimum Gasteiger partial charge on any atom is -0.484 e. The second kappa shape index (κ2) is 5.44. The van der Waals surface area contributed by atoms with Crippen LogP contribution in [-0.2, 0) is 0 Å². The molecule has 0 bridgehead atoms. The van der Waals surface area contributed by atoms with Gasteiger partial charge in [-0.25, -0.2) is 0 Å². The third-order valence-corrected chi connectivity index (χ3v) is 3.08. The number of nitrogens with zero attached hydrogens (tertiary/aromatic N) is 2. The molecule has 1 aromatic carbocycles. The zero-order valence-corrected chi connectivity index (χ0v) is 11.1. The number of nitro benzene ring substituents is 1. The monoisotopic (exact) mass is 266 g/mol. The van der Waals surface area contributed by atoms with Crippen molar-refractivity contribution >= 4 is 11.4 Å². The first kappa shape index (κ1) is 13.6. The number of aliphatic hydroxyl groups excluding tert-OH is 1. The van der Waals surface area contributed by atoms with Gasteiger partial charge in [0.05, 0.1) is 11.0 Å². The molecule has 1 heterocycles. The van der Waals surface area contributed by atoms with Crippen LogP contribution in [0.25, 0.3) is 0 Å². The molecule has 0 radical (unpaired) electrons. The third-order valence-electron chi connectivity index (χ3n) is 3.08. The number of para-hydroxylation sites is 1. The van der Waals surface area contributed by atoms with E-state index in [0.29, 0.717) is 24.5 Å². The molecule has 1 aliphatic heterocycles. The summed E-state index contributed by atoms with van der Waals surface area (Å²) >= 11 is 0. The van der Waals surface area contributed by atoms with Gasteiger partial charge >= 0.3 is 5.69 Å². The molecule has 0 amide bonds. The van der Waals surface area contributed by atoms with Crippen LogP contribution < -0.4 is 9.64 Å². The lowest BCUT2D eigenvalue weighted by Crippen LogP contribution is -2.48. The first-order valence-corrected chi connectivity index (χ1v) is 6.32. The molecule has 19 heavy (non-hydrogen) atoms. The molecule has 0 spiro atoms. The molecule has 1 aromatic rings. The predicted octanol–water partition coefficient (Wildman–Crippen LogP) is 1.81. The van der Waals surface area contributed by atoms with Gasteiger partial charge in [0.25, 0.3) is 0 Å². The topological polar surface area (TPSA) is 75.8 Å². The highest BCUT2D eigenvalue weighted by molar-refractivity contribution is 5.70. The van der Waals surface area contributed by atoms with Crippen LogP contribution in [0.3, 0.4) is 0 Å². The van der Waals surface area contributed by atoms with Crippen LogP contribution >= 0.6 is 0 Å². The van der Waals surface area contributed by atoms with Crippen LogP contribution in [0.1, 0.15) is 13.8 Å². The first-order valence-electron chi connectivity index (χ1n) is 6.32. The minimum atomic E-state index is -0.403. The molecule has 0 atom stereocenters. The predicted molar refractivity (Wildman–Crippen MR) is 71.6 cm³/mol. The smallest absolute Gasteiger partial charge is 0.333 e. The van der Waals surface area contributed by atoms with Gasteiger partial charge in [-0.2, -0.15) is 0 Å². The fraction of sp³-hybridized carbons (Fsp3) is 0.538. The molecule has 0 unspecified atom stereocenters. The molecule has 1 fully saturated rings. The number of aliphatic hydroxyl groups is 1. The second-order valence-corrected chi connectivity index (χ2v) is 5.00. The van der Waals surface area contributed by atoms with Gasteiger partial charge in [0, 0.05) is 25.6 Å². The zero-order chi connectivity index (χ0) is 14.0. The van der Waals surface area contributed by atoms with Crippen LogP contribution in [0.5, 0.6) is 5.75 Å². The quantitative estimate of drug-likeness (QED) is 0.649. The van der Waals surface area contributed by atoms with E-state index >= 15 is 0 Å². The maximum absolute atomic E-state index is 11.3. The number of hydrogen-bond donors (Lipinski definition) is 1. The van der Waals surface area contributed by atoms with Gasteiger partial charge in [0.1, 0.15) is 5.69 Å². The molecule has 1 saturated heterocycles. The highest BCUT2D eigenvalue weighted by Gasteiger charge is 2.33. The van der Waals surface area contributed by atoms with Crippen molar-refractivity contribution in [1.82, 2.24) is 0 Å². The summed E-state index contributed by atoms with van der Waals surface area (Å²) in [5.41, 5.74) is 0.570. The van der Waals surface area contributed by atoms with Crippen molar-refractivity contribution in [3.63, 3.8) is 0 Å². The average molecular weight is 266 g/mol. The van der Waals surface area contributed by atoms with Gasteiger partial charge < -0.3 is 14.7 Å². The third kappa shape index (κ3) is 2.78. The van der Waals surface area contributed by atoms with Crippen molar-refractivity contribution in [1.29, 1.82) is 0 Å². The Hall–Kier alpha value is -1.82. The Bertz CT molecular complexity index is 470. The van der Waals surface area contributed by atoms with Crippen LogP contribution in [-0.4, -0.2) is 35.8 Å². The summed E-state index contributed by atoms with van der Waals surface area (Å²) in [5, 5.41) is 20.3. The van der Waals surface area contributed by atoms with E-state index in [0.717, 1.165) is 0 Å². The molecule has 6 heteroatoms. The standard InChI is InChI=1S/C13H18N2O4/c1-9(2)19-12-5-3-4-11(13(12)15(17)18)14-6-10(7-14)8-16/h3-5,9-10,16H,6-8H2,1-2H3. The summed E-state index contributed by atoms with van der Waals surface area (Å²) in [6.45, 7) is 5.07. The Balaban J connectivity index is 2.30. The highest BCUT2D eigenvalue weighted by atomic mass is 16.6. The van der Waals surface area contributed by atoms with Crippen LogP contribution in [0.4, 0.5) is 11.4 Å². The van der Waals surface area contributed by atoms with E-state index in [1.807, 2.05) is 18.7 Å². The van der Waals surface area contributed by atoms with Crippen LogP contribution in [0.15, 0.2) is 18.2 Å². The van der Waals surface area contributed by atoms with Gasteiger partial charge in [-0.1, -0.05) is 6.07 Å². The molecule has 2 rings (SSSR count). The maximum Gasteiger partial charge on any atom is 0.333 e. The number of benzene rings is 1. The van der Waals surface area contributed by atoms with Crippen molar-refractivity contribution in [2.45, 2.75) is 20.0 Å². The van der Waals surface area contributed by atoms with E-state index in [1.54, 1.807) is 18.2 Å². The van der Waals surface area contributed by atoms with Crippen LogP contribution in [0.2, 0.25) is 0 Å². The Labute approximate surface area is 111 Å². The lowest BCUT2D eigenvalue weighted by atomic mass is 10.00. The van der Waals surface area contributed by atoms with Gasteiger partial charge in [0.15, 0.2) is 5.75 Å². The SMILES string of the molecule is CC(C)Oc1cccc(N2CC(CO)C2)c1[N+](=O)[O-]. The molecule has 0 aliphatic carbocycles. The van der Waals surface area contributed by atoms with E-state index < -0.39 is 4.92 Å². The first-order chi connectivity index (χ1) is 9.02. The average Bonchev–Trinajstić information content (AvgIpc) is 2.26. The Morgan fingerprint density at radius 3 is 2.74 bits per heavy atom. The van der Waals surface area contributed by atoms with Crippen molar-refractivity contribution in [3.8, 4) is 5.75 Å². The number of hydrogen-bond acceptors (Lipinski definition) is 5. The number of rotatable bonds is 5. The highest BCUT2D eigenvalue weighted by Crippen LogP contribution is 2.40. The van der Waals surface area contributed by atoms with Gasteiger partial charge in [-0.3, -0.25) is 10.1 Å². The van der Waals surface area contributed by atoms with Gasteiger partial charge in [-0.15, -0.1) is 0 Å². The fourth-order valence-electron chi connectivity index (χ4n) is 2.18. The van der Waals surface area contributed by atoms with Crippen molar-refractivity contribution in [2.24, 2.45) is 5.92 Å². The van der Waals surface area contributed by atoms with E-state index in [4.69, 9.17) is 9.84 Å². The van der Waals surface area contributed by atoms with E-state index in [1.165, 1.54) is 0 Å². The summed E-state index contributed by atoms with van der Waals surface area (Å²) < 4.78 is 5.50. The molecular formula is C13H18N2O4. The summed E-state index contributed by atoms with van der Waals surface area (Å²) in [6.07, 6.45) is -0.115. The molecule has 0 saturated carbocycles. The number of nitro groups is 1. The minimum absolute atomic E-state index is 0.00703. The summed E-state index contributed by atoms with van der Waals surface area (Å²) in [7, 11) is 0. The molecule has 104 valence electrons. The van der Waals surface area contributed by atoms with Crippen molar-refractivity contribution in [2.75, 3.05) is 24.6 Å². The van der Waals surface area contributed by atoms with Crippen molar-refractivity contribution in [3.05, 3.63) is 28.3 Å². The lowest BCUT2D eigenvalue weighted by Gasteiger charge is -2.39. The Kier molecular flexibility index (Phi) is 3.90. The number of anilines is 1. The van der Waals surface area contributed by atoms with E-state index in [9.17, 15) is 10.1 Å². The Morgan fingerprint density at radius 2 is 2.21 bits per heavy atom. The molecule has 1 aliphatic rings. The van der Waals surface area contributed by atoms with E-state index in [2.05, 4.69) is 0 Å². The summed E-state index contributed by atoms with van der Waals surface area (Å²) in [5.74, 6) is 0.499. The summed E-state index contributed by atoms with van der Waals surface area (Å²) in [4.78, 5) is 12.8. The van der Waals surface area contributed by atoms with Crippen molar-refractivity contribution < 1.29 is 14.8 Å². The van der Waals surface area contributed by atoms with Gasteiger partial charge in [0.2, 0.25) is 0 Å². The summed E-state index contributed by atoms with van der Waals surface area (Å²) in [6, 6.07) is 5.09.